The molecule has 7 heteroatoms. The number of rotatable bonds is 6. The van der Waals surface area contributed by atoms with Gasteiger partial charge < -0.3 is 14.7 Å². The molecule has 0 aromatic rings. The van der Waals surface area contributed by atoms with Crippen molar-refractivity contribution < 1.29 is 9.84 Å². The normalized spacial score (nSPS) is 18.4. The lowest BCUT2D eigenvalue weighted by Crippen LogP contribution is -2.55. The van der Waals surface area contributed by atoms with Gasteiger partial charge in [-0.25, -0.2) is 5.84 Å². The number of hydrogen-bond donors (Lipinski definition) is 3. The predicted molar refractivity (Wildman–Crippen MR) is 80.4 cm³/mol. The van der Waals surface area contributed by atoms with Gasteiger partial charge >= 0.3 is 0 Å². The molecule has 0 spiro atoms. The van der Waals surface area contributed by atoms with Gasteiger partial charge in [0.15, 0.2) is 0 Å². The maximum absolute atomic E-state index is 9.83. The van der Waals surface area contributed by atoms with Crippen molar-refractivity contribution in [2.75, 3.05) is 53.0 Å². The quantitative estimate of drug-likeness (QED) is 0.196. The van der Waals surface area contributed by atoms with Crippen LogP contribution < -0.4 is 11.3 Å². The predicted octanol–water partition coefficient (Wildman–Crippen LogP) is -0.769. The van der Waals surface area contributed by atoms with Crippen LogP contribution in [0.2, 0.25) is 0 Å². The zero-order valence-electron chi connectivity index (χ0n) is 12.9. The van der Waals surface area contributed by atoms with Crippen molar-refractivity contribution >= 4 is 5.96 Å². The maximum atomic E-state index is 9.83. The minimum Gasteiger partial charge on any atom is -0.389 e. The molecule has 1 heterocycles. The Balaban J connectivity index is 2.38. The largest absolute Gasteiger partial charge is 0.389 e. The molecule has 1 saturated heterocycles. The van der Waals surface area contributed by atoms with Gasteiger partial charge in [0, 0.05) is 53.0 Å². The van der Waals surface area contributed by atoms with Crippen molar-refractivity contribution in [2.45, 2.75) is 25.9 Å². The Morgan fingerprint density at radius 2 is 2.00 bits per heavy atom. The zero-order valence-corrected chi connectivity index (χ0v) is 12.9. The van der Waals surface area contributed by atoms with Crippen LogP contribution >= 0.6 is 0 Å². The van der Waals surface area contributed by atoms with Crippen molar-refractivity contribution in [1.82, 2.24) is 15.2 Å². The van der Waals surface area contributed by atoms with E-state index in [1.54, 1.807) is 7.11 Å². The Kier molecular flexibility index (Phi) is 7.22. The van der Waals surface area contributed by atoms with E-state index in [0.717, 1.165) is 38.6 Å². The first-order valence-electron chi connectivity index (χ1n) is 7.16. The summed E-state index contributed by atoms with van der Waals surface area (Å²) in [7, 11) is 1.69. The molecule has 0 radical (unpaired) electrons. The Morgan fingerprint density at radius 3 is 2.50 bits per heavy atom. The van der Waals surface area contributed by atoms with Crippen molar-refractivity contribution in [3.63, 3.8) is 0 Å². The van der Waals surface area contributed by atoms with Crippen molar-refractivity contribution in [3.05, 3.63) is 0 Å². The number of nitrogens with two attached hydrogens (primary N) is 1. The molecule has 0 aliphatic carbocycles. The van der Waals surface area contributed by atoms with Crippen LogP contribution in [0, 0.1) is 0 Å². The van der Waals surface area contributed by atoms with Gasteiger partial charge in [-0.05, 0) is 20.3 Å². The van der Waals surface area contributed by atoms with Crippen LogP contribution in [0.5, 0.6) is 0 Å². The van der Waals surface area contributed by atoms with Gasteiger partial charge in [-0.2, -0.15) is 0 Å². The number of aliphatic hydroxyl groups is 1. The van der Waals surface area contributed by atoms with E-state index in [1.807, 2.05) is 13.8 Å². The van der Waals surface area contributed by atoms with Crippen LogP contribution in [0.25, 0.3) is 0 Å². The lowest BCUT2D eigenvalue weighted by molar-refractivity contribution is 0.0248. The fourth-order valence-electron chi connectivity index (χ4n) is 2.30. The maximum Gasteiger partial charge on any atom is 0.208 e. The van der Waals surface area contributed by atoms with Crippen LogP contribution in [0.4, 0.5) is 0 Å². The van der Waals surface area contributed by atoms with Gasteiger partial charge in [0.05, 0.1) is 5.60 Å². The van der Waals surface area contributed by atoms with Crippen LogP contribution in [0.3, 0.4) is 0 Å². The van der Waals surface area contributed by atoms with E-state index in [-0.39, 0.29) is 0 Å². The Bertz CT molecular complexity index is 296. The molecule has 1 fully saturated rings. The molecule has 1 rings (SSSR count). The van der Waals surface area contributed by atoms with Crippen LogP contribution in [0.1, 0.15) is 20.3 Å². The molecule has 0 atom stereocenters. The van der Waals surface area contributed by atoms with E-state index in [9.17, 15) is 5.11 Å². The summed E-state index contributed by atoms with van der Waals surface area (Å²) in [5.41, 5.74) is 2.03. The number of ether oxygens (including phenoxy) is 1. The van der Waals surface area contributed by atoms with E-state index < -0.39 is 5.60 Å². The Labute approximate surface area is 121 Å². The molecule has 0 unspecified atom stereocenters. The number of piperazine rings is 1. The van der Waals surface area contributed by atoms with Gasteiger partial charge in [0.1, 0.15) is 0 Å². The summed E-state index contributed by atoms with van der Waals surface area (Å²) in [6.07, 6.45) is 0.889. The highest BCUT2D eigenvalue weighted by atomic mass is 16.5. The highest BCUT2D eigenvalue weighted by Gasteiger charge is 2.23. The molecular weight excluding hydrogens is 258 g/mol. The van der Waals surface area contributed by atoms with E-state index in [4.69, 9.17) is 10.6 Å². The summed E-state index contributed by atoms with van der Waals surface area (Å²) in [5, 5.41) is 9.83. The molecule has 1 aliphatic heterocycles. The average Bonchev–Trinajstić information content (AvgIpc) is 2.38. The number of nitrogens with one attached hydrogen (secondary N) is 1. The van der Waals surface area contributed by atoms with Gasteiger partial charge in [-0.3, -0.25) is 15.3 Å². The van der Waals surface area contributed by atoms with Crippen molar-refractivity contribution in [3.8, 4) is 0 Å². The standard InChI is InChI=1S/C13H29N5O2/c1-13(2,19)11-17-6-8-18(9-7-17)12(16-14)15-5-4-10-20-3/h19H,4-11,14H2,1-3H3,(H,15,16). The van der Waals surface area contributed by atoms with E-state index in [2.05, 4.69) is 20.2 Å². The monoisotopic (exact) mass is 287 g/mol. The molecular formula is C13H29N5O2. The molecule has 0 saturated carbocycles. The van der Waals surface area contributed by atoms with Gasteiger partial charge in [-0.1, -0.05) is 0 Å². The first-order valence-corrected chi connectivity index (χ1v) is 7.16. The molecule has 118 valence electrons. The Hall–Kier alpha value is -0.890. The molecule has 0 bridgehead atoms. The summed E-state index contributed by atoms with van der Waals surface area (Å²) in [6.45, 7) is 9.32. The molecule has 7 nitrogen and oxygen atoms in total. The second kappa shape index (κ2) is 8.41. The number of hydrazine groups is 1. The third-order valence-corrected chi connectivity index (χ3v) is 3.18. The summed E-state index contributed by atoms with van der Waals surface area (Å²) >= 11 is 0. The summed E-state index contributed by atoms with van der Waals surface area (Å²) in [4.78, 5) is 8.87. The third kappa shape index (κ3) is 6.51. The minimum absolute atomic E-state index is 0.647. The van der Waals surface area contributed by atoms with Crippen LogP contribution in [0.15, 0.2) is 4.99 Å². The first-order chi connectivity index (χ1) is 9.46. The fourth-order valence-corrected chi connectivity index (χ4v) is 2.30. The SMILES string of the molecule is COCCCN=C(NN)N1CCN(CC(C)(C)O)CC1. The number of nitrogens with zero attached hydrogens (tertiary/aromatic N) is 3. The summed E-state index contributed by atoms with van der Waals surface area (Å²) in [6, 6.07) is 0. The zero-order chi connectivity index (χ0) is 15.0. The number of aliphatic imine (C=N–C) groups is 1. The van der Waals surface area contributed by atoms with Crippen molar-refractivity contribution in [2.24, 2.45) is 10.8 Å². The molecule has 20 heavy (non-hydrogen) atoms. The first kappa shape index (κ1) is 17.2. The molecule has 4 N–H and O–H groups in total. The number of hydrogen-bond acceptors (Lipinski definition) is 5. The molecule has 0 aromatic carbocycles. The van der Waals surface area contributed by atoms with E-state index in [0.29, 0.717) is 19.7 Å². The fraction of sp³-hybridized carbons (Fsp3) is 0.923. The van der Waals surface area contributed by atoms with E-state index >= 15 is 0 Å². The third-order valence-electron chi connectivity index (χ3n) is 3.18. The van der Waals surface area contributed by atoms with Crippen LogP contribution in [-0.4, -0.2) is 79.5 Å². The smallest absolute Gasteiger partial charge is 0.208 e. The summed E-state index contributed by atoms with van der Waals surface area (Å²) < 4.78 is 5.00. The van der Waals surface area contributed by atoms with Gasteiger partial charge in [-0.15, -0.1) is 0 Å². The number of β-amino-alcohol motifs (C(OH)–C–C–N with tert-alkyl or cyclic N) is 1. The number of methoxy groups -OCH3 is 1. The second-order valence-electron chi connectivity index (χ2n) is 5.77. The van der Waals surface area contributed by atoms with Gasteiger partial charge in [0.2, 0.25) is 5.96 Å². The topological polar surface area (TPSA) is 86.4 Å². The van der Waals surface area contributed by atoms with Crippen LogP contribution in [-0.2, 0) is 4.74 Å². The van der Waals surface area contributed by atoms with Crippen molar-refractivity contribution in [1.29, 1.82) is 0 Å². The second-order valence-corrected chi connectivity index (χ2v) is 5.77. The minimum atomic E-state index is -0.647. The van der Waals surface area contributed by atoms with E-state index in [1.165, 1.54) is 0 Å². The van der Waals surface area contributed by atoms with Gasteiger partial charge in [0.25, 0.3) is 0 Å². The lowest BCUT2D eigenvalue weighted by Gasteiger charge is -2.38. The molecule has 0 amide bonds. The highest BCUT2D eigenvalue weighted by Crippen LogP contribution is 2.08. The Morgan fingerprint density at radius 1 is 1.35 bits per heavy atom. The highest BCUT2D eigenvalue weighted by molar-refractivity contribution is 5.79. The molecule has 1 aliphatic rings. The average molecular weight is 287 g/mol. The number of guanidine groups is 1. The molecule has 0 aromatic heterocycles. The lowest BCUT2D eigenvalue weighted by atomic mass is 10.1. The summed E-state index contributed by atoms with van der Waals surface area (Å²) in [5.74, 6) is 6.29.